The van der Waals surface area contributed by atoms with Gasteiger partial charge in [-0.3, -0.25) is 0 Å². The smallest absolute Gasteiger partial charge is 0.252 e. The molecule has 6 heteroatoms. The van der Waals surface area contributed by atoms with Crippen molar-refractivity contribution in [2.24, 2.45) is 0 Å². The Hall–Kier alpha value is -7.44. The zero-order chi connectivity index (χ0) is 50.0. The number of rotatable bonds is 4. The van der Waals surface area contributed by atoms with Crippen LogP contribution in [0.3, 0.4) is 0 Å². The van der Waals surface area contributed by atoms with Crippen molar-refractivity contribution in [1.29, 1.82) is 0 Å². The second-order valence-corrected chi connectivity index (χ2v) is 24.7. The van der Waals surface area contributed by atoms with Crippen LogP contribution in [0.1, 0.15) is 105 Å². The summed E-state index contributed by atoms with van der Waals surface area (Å²) >= 11 is 0. The first kappa shape index (κ1) is 44.5. The lowest BCUT2D eigenvalue weighted by Crippen LogP contribution is -2.60. The molecular formula is C66H62BN3O2. The fourth-order valence-corrected chi connectivity index (χ4v) is 11.8. The highest BCUT2D eigenvalue weighted by atomic mass is 16.3. The minimum absolute atomic E-state index is 0.0189. The van der Waals surface area contributed by atoms with Crippen LogP contribution in [0.2, 0.25) is 0 Å². The molecule has 0 bridgehead atoms. The van der Waals surface area contributed by atoms with E-state index in [0.29, 0.717) is 0 Å². The molecule has 356 valence electrons. The van der Waals surface area contributed by atoms with Crippen LogP contribution in [0, 0.1) is 0 Å². The summed E-state index contributed by atoms with van der Waals surface area (Å²) in [6, 6.07) is 59.2. The fourth-order valence-electron chi connectivity index (χ4n) is 11.8. The number of furan rings is 2. The van der Waals surface area contributed by atoms with Gasteiger partial charge in [-0.05, 0) is 139 Å². The van der Waals surface area contributed by atoms with Crippen LogP contribution in [-0.2, 0) is 21.7 Å². The second-order valence-electron chi connectivity index (χ2n) is 24.7. The normalized spacial score (nSPS) is 13.8. The van der Waals surface area contributed by atoms with Crippen molar-refractivity contribution in [3.8, 4) is 5.69 Å². The molecule has 0 amide bonds. The molecule has 0 fully saturated rings. The average molecular weight is 940 g/mol. The number of fused-ring (bicyclic) bond motifs is 12. The maximum absolute atomic E-state index is 7.02. The molecule has 72 heavy (non-hydrogen) atoms. The molecule has 13 rings (SSSR count). The lowest BCUT2D eigenvalue weighted by Gasteiger charge is -2.42. The molecule has 11 aromatic rings. The van der Waals surface area contributed by atoms with Crippen LogP contribution in [0.15, 0.2) is 167 Å². The van der Waals surface area contributed by atoms with Gasteiger partial charge in [0.05, 0.1) is 11.2 Å². The van der Waals surface area contributed by atoms with E-state index in [-0.39, 0.29) is 28.4 Å². The average Bonchev–Trinajstić information content (AvgIpc) is 4.02. The number of aromatic nitrogens is 1. The number of anilines is 6. The summed E-state index contributed by atoms with van der Waals surface area (Å²) in [6.45, 7) is 27.6. The van der Waals surface area contributed by atoms with Gasteiger partial charge in [0.15, 0.2) is 11.2 Å². The minimum atomic E-state index is -0.185. The molecule has 2 aliphatic rings. The van der Waals surface area contributed by atoms with Crippen molar-refractivity contribution in [2.75, 3.05) is 9.80 Å². The predicted molar refractivity (Wildman–Crippen MR) is 307 cm³/mol. The van der Waals surface area contributed by atoms with Crippen LogP contribution in [-0.4, -0.2) is 11.3 Å². The molecule has 0 spiro atoms. The van der Waals surface area contributed by atoms with Gasteiger partial charge in [-0.25, -0.2) is 0 Å². The first-order valence-electron chi connectivity index (χ1n) is 25.8. The Morgan fingerprint density at radius 1 is 0.375 bits per heavy atom. The van der Waals surface area contributed by atoms with E-state index < -0.39 is 0 Å². The van der Waals surface area contributed by atoms with Crippen molar-refractivity contribution in [1.82, 2.24) is 4.57 Å². The van der Waals surface area contributed by atoms with E-state index in [1.54, 1.807) is 0 Å². The van der Waals surface area contributed by atoms with Gasteiger partial charge in [0.1, 0.15) is 16.7 Å². The number of hydrogen-bond donors (Lipinski definition) is 0. The summed E-state index contributed by atoms with van der Waals surface area (Å²) in [6.07, 6.45) is 0. The fraction of sp³-hybridized carbons (Fsp3) is 0.242. The van der Waals surface area contributed by atoms with Gasteiger partial charge >= 0.3 is 0 Å². The maximum atomic E-state index is 7.02. The minimum Gasteiger partial charge on any atom is -0.454 e. The van der Waals surface area contributed by atoms with Crippen LogP contribution in [0.5, 0.6) is 0 Å². The van der Waals surface area contributed by atoms with Gasteiger partial charge in [-0.15, -0.1) is 0 Å². The van der Waals surface area contributed by atoms with E-state index in [4.69, 9.17) is 8.83 Å². The largest absolute Gasteiger partial charge is 0.454 e. The highest BCUT2D eigenvalue weighted by Gasteiger charge is 2.45. The quantitative estimate of drug-likeness (QED) is 0.165. The predicted octanol–water partition coefficient (Wildman–Crippen LogP) is 16.7. The van der Waals surface area contributed by atoms with Gasteiger partial charge in [0.25, 0.3) is 6.71 Å². The maximum Gasteiger partial charge on any atom is 0.252 e. The highest BCUT2D eigenvalue weighted by Crippen LogP contribution is 2.50. The van der Waals surface area contributed by atoms with E-state index in [0.717, 1.165) is 83.5 Å². The summed E-state index contributed by atoms with van der Waals surface area (Å²) in [5, 5.41) is 4.49. The van der Waals surface area contributed by atoms with Crippen molar-refractivity contribution >= 4 is 112 Å². The highest BCUT2D eigenvalue weighted by molar-refractivity contribution is 7.00. The van der Waals surface area contributed by atoms with Crippen LogP contribution >= 0.6 is 0 Å². The Morgan fingerprint density at radius 2 is 0.903 bits per heavy atom. The van der Waals surface area contributed by atoms with Gasteiger partial charge in [-0.1, -0.05) is 162 Å². The lowest BCUT2D eigenvalue weighted by molar-refractivity contribution is 0.590. The molecule has 0 aliphatic carbocycles. The first-order valence-corrected chi connectivity index (χ1v) is 25.8. The second kappa shape index (κ2) is 15.1. The lowest BCUT2D eigenvalue weighted by atomic mass is 9.33. The van der Waals surface area contributed by atoms with Crippen molar-refractivity contribution < 1.29 is 8.83 Å². The van der Waals surface area contributed by atoms with E-state index in [9.17, 15) is 0 Å². The van der Waals surface area contributed by atoms with Crippen LogP contribution < -0.4 is 26.2 Å². The third-order valence-corrected chi connectivity index (χ3v) is 15.8. The summed E-state index contributed by atoms with van der Waals surface area (Å²) in [5.41, 5.74) is 22.4. The molecule has 0 saturated carbocycles. The number of nitrogens with zero attached hydrogens (tertiary/aromatic N) is 3. The Morgan fingerprint density at radius 3 is 1.53 bits per heavy atom. The number of para-hydroxylation sites is 3. The van der Waals surface area contributed by atoms with Crippen molar-refractivity contribution in [3.63, 3.8) is 0 Å². The molecule has 5 nitrogen and oxygen atoms in total. The molecule has 5 heterocycles. The van der Waals surface area contributed by atoms with E-state index >= 15 is 0 Å². The zero-order valence-corrected chi connectivity index (χ0v) is 43.7. The van der Waals surface area contributed by atoms with E-state index in [1.807, 2.05) is 0 Å². The number of benzene rings is 8. The number of hydrogen-bond acceptors (Lipinski definition) is 4. The molecule has 0 atom stereocenters. The molecule has 8 aromatic carbocycles. The monoisotopic (exact) mass is 939 g/mol. The van der Waals surface area contributed by atoms with Gasteiger partial charge in [0, 0.05) is 55.7 Å². The molecule has 2 aliphatic heterocycles. The summed E-state index contributed by atoms with van der Waals surface area (Å²) < 4.78 is 16.6. The first-order chi connectivity index (χ1) is 34.2. The molecule has 0 N–H and O–H groups in total. The molecule has 0 saturated heterocycles. The Labute approximate surface area is 423 Å². The zero-order valence-electron chi connectivity index (χ0n) is 43.7. The van der Waals surface area contributed by atoms with Gasteiger partial charge < -0.3 is 23.2 Å². The topological polar surface area (TPSA) is 37.7 Å². The van der Waals surface area contributed by atoms with Gasteiger partial charge in [-0.2, -0.15) is 0 Å². The summed E-state index contributed by atoms with van der Waals surface area (Å²) in [5.74, 6) is 0. The molecule has 0 radical (unpaired) electrons. The van der Waals surface area contributed by atoms with E-state index in [2.05, 4.69) is 255 Å². The molecule has 3 aromatic heterocycles. The standard InChI is InChI=1S/C66H62BN3O2/c1-63(2,3)39-24-28-43(29-25-39)68(44-30-26-40(27-31-44)64(4,5)6)45-32-33-50-53(38-45)69(52-21-17-20-47-46-18-13-15-22-56(46)71-61(47)52)54-36-42(66(10,11)12)37-55-58(54)67(50)51-35-41(65(7,8)9)34-49-59(51)70(55)60-48-19-14-16-23-57(48)72-62(49)60/h13-38H,1-12H3. The van der Waals surface area contributed by atoms with E-state index in [1.165, 1.54) is 49.8 Å². The Bertz CT molecular complexity index is 3970. The Kier molecular flexibility index (Phi) is 9.30. The SMILES string of the molecule is CC(C)(C)c1ccc(N(c2ccc(C(C)(C)C)cc2)c2ccc3c(c2)N(c2cccc4c2oc2ccccc24)c2cc(C(C)(C)C)cc4c2B3c2cc(C(C)(C)C)cc3c5oc6ccccc6c5n-4c23)cc1. The van der Waals surface area contributed by atoms with Crippen molar-refractivity contribution in [3.05, 3.63) is 180 Å². The van der Waals surface area contributed by atoms with Crippen molar-refractivity contribution in [2.45, 2.75) is 105 Å². The third-order valence-electron chi connectivity index (χ3n) is 15.8. The third kappa shape index (κ3) is 6.60. The summed E-state index contributed by atoms with van der Waals surface area (Å²) in [4.78, 5) is 4.98. The summed E-state index contributed by atoms with van der Waals surface area (Å²) in [7, 11) is 0. The van der Waals surface area contributed by atoms with Gasteiger partial charge in [0.2, 0.25) is 0 Å². The Balaban J connectivity index is 1.17. The van der Waals surface area contributed by atoms with Crippen LogP contribution in [0.4, 0.5) is 34.1 Å². The molecular weight excluding hydrogens is 878 g/mol. The van der Waals surface area contributed by atoms with Crippen LogP contribution in [0.25, 0.3) is 60.6 Å². The molecule has 0 unspecified atom stereocenters.